The molecular weight excluding hydrogens is 416 g/mol. The molecule has 0 saturated carbocycles. The van der Waals surface area contributed by atoms with Crippen molar-refractivity contribution in [2.45, 2.75) is 13.5 Å². The van der Waals surface area contributed by atoms with Crippen molar-refractivity contribution in [2.75, 3.05) is 21.3 Å². The predicted octanol–water partition coefficient (Wildman–Crippen LogP) is 5.17. The van der Waals surface area contributed by atoms with E-state index in [1.165, 1.54) is 5.56 Å². The van der Waals surface area contributed by atoms with Crippen LogP contribution in [0.4, 0.5) is 0 Å². The van der Waals surface area contributed by atoms with E-state index >= 15 is 0 Å². The number of ether oxygens (including phenoxy) is 3. The number of amides is 1. The van der Waals surface area contributed by atoms with Crippen molar-refractivity contribution in [3.63, 3.8) is 0 Å². The van der Waals surface area contributed by atoms with Crippen molar-refractivity contribution in [3.8, 4) is 28.5 Å². The Morgan fingerprint density at radius 1 is 0.879 bits per heavy atom. The number of benzene rings is 3. The highest BCUT2D eigenvalue weighted by Crippen LogP contribution is 2.41. The van der Waals surface area contributed by atoms with E-state index < -0.39 is 0 Å². The monoisotopic (exact) mass is 442 g/mol. The Morgan fingerprint density at radius 2 is 1.55 bits per heavy atom. The summed E-state index contributed by atoms with van der Waals surface area (Å²) in [6.07, 6.45) is 0. The molecule has 0 saturated heterocycles. The molecule has 6 heteroatoms. The second-order valence-electron chi connectivity index (χ2n) is 7.65. The highest BCUT2D eigenvalue weighted by molar-refractivity contribution is 6.07. The molecule has 0 radical (unpaired) electrons. The molecule has 0 aliphatic heterocycles. The molecule has 0 spiro atoms. The van der Waals surface area contributed by atoms with Crippen LogP contribution in [0.3, 0.4) is 0 Å². The minimum atomic E-state index is -0.164. The molecule has 6 nitrogen and oxygen atoms in total. The summed E-state index contributed by atoms with van der Waals surface area (Å²) in [7, 11) is 4.70. The second-order valence-corrected chi connectivity index (χ2v) is 7.65. The van der Waals surface area contributed by atoms with Gasteiger partial charge in [-0.3, -0.25) is 4.79 Å². The lowest BCUT2D eigenvalue weighted by atomic mass is 10.0. The van der Waals surface area contributed by atoms with Crippen LogP contribution in [0, 0.1) is 6.92 Å². The highest BCUT2D eigenvalue weighted by atomic mass is 16.5. The summed E-state index contributed by atoms with van der Waals surface area (Å²) in [4.78, 5) is 18.0. The van der Waals surface area contributed by atoms with Gasteiger partial charge in [-0.25, -0.2) is 4.98 Å². The lowest BCUT2D eigenvalue weighted by molar-refractivity contribution is 0.0952. The first-order chi connectivity index (χ1) is 16.0. The maximum atomic E-state index is 13.2. The van der Waals surface area contributed by atoms with E-state index in [0.29, 0.717) is 35.1 Å². The molecule has 168 valence electrons. The highest BCUT2D eigenvalue weighted by Gasteiger charge is 2.18. The Labute approximate surface area is 193 Å². The summed E-state index contributed by atoms with van der Waals surface area (Å²) in [6.45, 7) is 2.48. The molecule has 4 rings (SSSR count). The third-order valence-electron chi connectivity index (χ3n) is 5.49. The Hall–Kier alpha value is -4.06. The molecule has 1 heterocycles. The van der Waals surface area contributed by atoms with Crippen LogP contribution in [0.2, 0.25) is 0 Å². The Kier molecular flexibility index (Phi) is 6.45. The van der Waals surface area contributed by atoms with Crippen LogP contribution in [0.15, 0.2) is 66.7 Å². The average Bonchev–Trinajstić information content (AvgIpc) is 2.86. The van der Waals surface area contributed by atoms with Crippen molar-refractivity contribution in [1.82, 2.24) is 10.3 Å². The van der Waals surface area contributed by atoms with Gasteiger partial charge < -0.3 is 19.5 Å². The van der Waals surface area contributed by atoms with Crippen molar-refractivity contribution in [1.29, 1.82) is 0 Å². The zero-order valence-corrected chi connectivity index (χ0v) is 19.1. The van der Waals surface area contributed by atoms with Gasteiger partial charge in [0.15, 0.2) is 11.5 Å². The van der Waals surface area contributed by atoms with E-state index in [2.05, 4.69) is 5.32 Å². The first-order valence-corrected chi connectivity index (χ1v) is 10.6. The maximum Gasteiger partial charge on any atom is 0.252 e. The Morgan fingerprint density at radius 3 is 2.18 bits per heavy atom. The lowest BCUT2D eigenvalue weighted by Gasteiger charge is -2.15. The number of aryl methyl sites for hydroxylation is 1. The summed E-state index contributed by atoms with van der Waals surface area (Å²) in [6, 6.07) is 21.2. The maximum absolute atomic E-state index is 13.2. The van der Waals surface area contributed by atoms with E-state index in [-0.39, 0.29) is 5.91 Å². The molecule has 1 N–H and O–H groups in total. The van der Waals surface area contributed by atoms with Gasteiger partial charge in [-0.15, -0.1) is 0 Å². The van der Waals surface area contributed by atoms with E-state index in [9.17, 15) is 4.79 Å². The number of carbonyl (C=O) groups is 1. The molecule has 3 aromatic carbocycles. The van der Waals surface area contributed by atoms with Crippen LogP contribution < -0.4 is 19.5 Å². The van der Waals surface area contributed by atoms with Gasteiger partial charge in [-0.1, -0.05) is 48.0 Å². The van der Waals surface area contributed by atoms with E-state index in [4.69, 9.17) is 19.2 Å². The van der Waals surface area contributed by atoms with Gasteiger partial charge in [0.25, 0.3) is 5.91 Å². The lowest BCUT2D eigenvalue weighted by Crippen LogP contribution is -2.23. The van der Waals surface area contributed by atoms with Crippen molar-refractivity contribution in [3.05, 3.63) is 83.4 Å². The van der Waals surface area contributed by atoms with Crippen LogP contribution >= 0.6 is 0 Å². The number of nitrogens with zero attached hydrogens (tertiary/aromatic N) is 1. The minimum Gasteiger partial charge on any atom is -0.493 e. The Bertz CT molecular complexity index is 1270. The molecule has 0 unspecified atom stereocenters. The first kappa shape index (κ1) is 22.1. The number of rotatable bonds is 7. The van der Waals surface area contributed by atoms with Gasteiger partial charge in [0.05, 0.1) is 38.1 Å². The SMILES string of the molecule is COc1cc(-c2cc(C(=O)NCc3ccc(C)cc3)c3ccccc3n2)cc(OC)c1OC. The number of nitrogens with one attached hydrogen (secondary N) is 1. The molecule has 4 aromatic rings. The van der Waals surface area contributed by atoms with Gasteiger partial charge in [0.2, 0.25) is 5.75 Å². The van der Waals surface area contributed by atoms with E-state index in [1.807, 2.05) is 67.6 Å². The molecule has 33 heavy (non-hydrogen) atoms. The molecule has 0 fully saturated rings. The third kappa shape index (κ3) is 4.60. The number of hydrogen-bond acceptors (Lipinski definition) is 5. The topological polar surface area (TPSA) is 69.7 Å². The summed E-state index contributed by atoms with van der Waals surface area (Å²) in [5.41, 5.74) is 4.88. The number of methoxy groups -OCH3 is 3. The van der Waals surface area contributed by atoms with Gasteiger partial charge in [0.1, 0.15) is 0 Å². The first-order valence-electron chi connectivity index (χ1n) is 10.6. The molecule has 0 bridgehead atoms. The van der Waals surface area contributed by atoms with Gasteiger partial charge >= 0.3 is 0 Å². The summed E-state index contributed by atoms with van der Waals surface area (Å²) >= 11 is 0. The summed E-state index contributed by atoms with van der Waals surface area (Å²) in [5.74, 6) is 1.38. The molecule has 1 aromatic heterocycles. The van der Waals surface area contributed by atoms with E-state index in [1.54, 1.807) is 27.4 Å². The van der Waals surface area contributed by atoms with Gasteiger partial charge in [-0.05, 0) is 36.8 Å². The Balaban J connectivity index is 1.76. The fourth-order valence-electron chi connectivity index (χ4n) is 3.72. The summed E-state index contributed by atoms with van der Waals surface area (Å²) in [5, 5.41) is 3.82. The number of aromatic nitrogens is 1. The van der Waals surface area contributed by atoms with Gasteiger partial charge in [0, 0.05) is 17.5 Å². The van der Waals surface area contributed by atoms with Crippen LogP contribution in [0.1, 0.15) is 21.5 Å². The number of para-hydroxylation sites is 1. The number of fused-ring (bicyclic) bond motifs is 1. The molecular formula is C27H26N2O4. The molecule has 1 amide bonds. The van der Waals surface area contributed by atoms with Crippen molar-refractivity contribution in [2.24, 2.45) is 0 Å². The third-order valence-corrected chi connectivity index (χ3v) is 5.49. The quantitative estimate of drug-likeness (QED) is 0.428. The minimum absolute atomic E-state index is 0.164. The normalized spacial score (nSPS) is 10.7. The second kappa shape index (κ2) is 9.61. The molecule has 0 atom stereocenters. The average molecular weight is 443 g/mol. The number of hydrogen-bond donors (Lipinski definition) is 1. The number of pyridine rings is 1. The van der Waals surface area contributed by atoms with Crippen LogP contribution in [0.5, 0.6) is 17.2 Å². The fraction of sp³-hybridized carbons (Fsp3) is 0.185. The van der Waals surface area contributed by atoms with Crippen LogP contribution in [-0.4, -0.2) is 32.2 Å². The van der Waals surface area contributed by atoms with Crippen LogP contribution in [-0.2, 0) is 6.54 Å². The largest absolute Gasteiger partial charge is 0.493 e. The van der Waals surface area contributed by atoms with Crippen molar-refractivity contribution >= 4 is 16.8 Å². The predicted molar refractivity (Wildman–Crippen MR) is 129 cm³/mol. The smallest absolute Gasteiger partial charge is 0.252 e. The van der Waals surface area contributed by atoms with E-state index in [0.717, 1.165) is 22.0 Å². The zero-order chi connectivity index (χ0) is 23.4. The van der Waals surface area contributed by atoms with Gasteiger partial charge in [-0.2, -0.15) is 0 Å². The van der Waals surface area contributed by atoms with Crippen LogP contribution in [0.25, 0.3) is 22.2 Å². The standard InChI is InChI=1S/C27H26N2O4/c1-17-9-11-18(12-10-17)16-28-27(30)21-15-23(29-22-8-6-5-7-20(21)22)19-13-24(31-2)26(33-4)25(14-19)32-3/h5-15H,16H2,1-4H3,(H,28,30). The fourth-order valence-corrected chi connectivity index (χ4v) is 3.72. The summed E-state index contributed by atoms with van der Waals surface area (Å²) < 4.78 is 16.4. The number of carbonyl (C=O) groups excluding carboxylic acids is 1. The van der Waals surface area contributed by atoms with Crippen molar-refractivity contribution < 1.29 is 19.0 Å². The molecule has 0 aliphatic carbocycles. The molecule has 0 aliphatic rings. The zero-order valence-electron chi connectivity index (χ0n) is 19.1.